The van der Waals surface area contributed by atoms with Gasteiger partial charge in [0.15, 0.2) is 0 Å². The van der Waals surface area contributed by atoms with Gasteiger partial charge in [-0.2, -0.15) is 5.10 Å². The second-order valence-electron chi connectivity index (χ2n) is 6.26. The van der Waals surface area contributed by atoms with Crippen LogP contribution in [0.3, 0.4) is 0 Å². The number of nitrogens with zero attached hydrogens (tertiary/aromatic N) is 2. The summed E-state index contributed by atoms with van der Waals surface area (Å²) < 4.78 is 15.7. The van der Waals surface area contributed by atoms with E-state index in [4.69, 9.17) is 0 Å². The van der Waals surface area contributed by atoms with Gasteiger partial charge in [0.1, 0.15) is 11.4 Å². The Morgan fingerprint density at radius 3 is 3.15 bits per heavy atom. The number of amides is 1. The average molecular weight is 355 g/mol. The van der Waals surface area contributed by atoms with E-state index in [9.17, 15) is 14.0 Å². The summed E-state index contributed by atoms with van der Waals surface area (Å²) in [5.41, 5.74) is 1.36. The lowest BCUT2D eigenvalue weighted by Gasteiger charge is -2.05. The van der Waals surface area contributed by atoms with Gasteiger partial charge in [-0.3, -0.25) is 14.3 Å². The first-order valence-corrected chi connectivity index (χ1v) is 8.48. The van der Waals surface area contributed by atoms with Crippen LogP contribution >= 0.6 is 0 Å². The number of nitrogens with one attached hydrogen (secondary N) is 3. The van der Waals surface area contributed by atoms with Crippen molar-refractivity contribution < 1.29 is 9.18 Å². The minimum atomic E-state index is -0.528. The number of benzene rings is 1. The fourth-order valence-corrected chi connectivity index (χ4v) is 3.16. The summed E-state index contributed by atoms with van der Waals surface area (Å²) in [7, 11) is 0. The van der Waals surface area contributed by atoms with Crippen molar-refractivity contribution in [3.8, 4) is 0 Å². The summed E-state index contributed by atoms with van der Waals surface area (Å²) in [6.07, 6.45) is 2.25. The second-order valence-corrected chi connectivity index (χ2v) is 6.26. The third-order valence-electron chi connectivity index (χ3n) is 4.48. The number of aryl methyl sites for hydroxylation is 1. The summed E-state index contributed by atoms with van der Waals surface area (Å²) in [4.78, 5) is 27.5. The molecule has 26 heavy (non-hydrogen) atoms. The lowest BCUT2D eigenvalue weighted by atomic mass is 10.1. The van der Waals surface area contributed by atoms with Crippen molar-refractivity contribution in [2.45, 2.75) is 26.1 Å². The molecule has 3 heterocycles. The normalized spacial score (nSPS) is 14.0. The van der Waals surface area contributed by atoms with E-state index in [-0.39, 0.29) is 23.0 Å². The van der Waals surface area contributed by atoms with Crippen LogP contribution in [-0.4, -0.2) is 27.2 Å². The Morgan fingerprint density at radius 1 is 1.38 bits per heavy atom. The summed E-state index contributed by atoms with van der Waals surface area (Å²) in [6, 6.07) is 6.14. The minimum absolute atomic E-state index is 0.0504. The van der Waals surface area contributed by atoms with Crippen molar-refractivity contribution in [3.63, 3.8) is 0 Å². The SMILES string of the molecule is O=C(NCc1cc2n(n1)CCCNC2)c1c[nH]c2c(F)cccc2c1=O. The standard InChI is InChI=1S/C18H18FN5O2/c19-15-4-1-3-13-16(15)21-10-14(17(13)25)18(26)22-8-11-7-12-9-20-5-2-6-24(12)23-11/h1,3-4,7,10,20H,2,5-6,8-9H2,(H,21,25)(H,22,26). The molecule has 0 saturated heterocycles. The Kier molecular flexibility index (Phi) is 4.26. The van der Waals surface area contributed by atoms with Gasteiger partial charge in [-0.05, 0) is 31.2 Å². The van der Waals surface area contributed by atoms with E-state index in [0.717, 1.165) is 37.4 Å². The molecule has 8 heteroatoms. The maximum Gasteiger partial charge on any atom is 0.257 e. The number of carbonyl (C=O) groups excluding carboxylic acids is 1. The van der Waals surface area contributed by atoms with E-state index >= 15 is 0 Å². The molecule has 3 aromatic rings. The largest absolute Gasteiger partial charge is 0.358 e. The van der Waals surface area contributed by atoms with Crippen molar-refractivity contribution in [3.05, 3.63) is 63.5 Å². The molecule has 0 spiro atoms. The number of halogens is 1. The maximum atomic E-state index is 13.7. The van der Waals surface area contributed by atoms with Gasteiger partial charge >= 0.3 is 0 Å². The number of aromatic nitrogens is 3. The lowest BCUT2D eigenvalue weighted by Crippen LogP contribution is -2.28. The van der Waals surface area contributed by atoms with Gasteiger partial charge in [-0.25, -0.2) is 4.39 Å². The zero-order chi connectivity index (χ0) is 18.1. The molecule has 0 aliphatic carbocycles. The highest BCUT2D eigenvalue weighted by atomic mass is 19.1. The molecule has 0 atom stereocenters. The summed E-state index contributed by atoms with van der Waals surface area (Å²) >= 11 is 0. The third-order valence-corrected chi connectivity index (χ3v) is 4.48. The van der Waals surface area contributed by atoms with Crippen molar-refractivity contribution >= 4 is 16.8 Å². The van der Waals surface area contributed by atoms with E-state index in [2.05, 4.69) is 20.7 Å². The highest BCUT2D eigenvalue weighted by molar-refractivity contribution is 5.97. The van der Waals surface area contributed by atoms with Crippen molar-refractivity contribution in [1.82, 2.24) is 25.4 Å². The van der Waals surface area contributed by atoms with E-state index in [1.165, 1.54) is 24.4 Å². The topological polar surface area (TPSA) is 91.8 Å². The van der Waals surface area contributed by atoms with Crippen LogP contribution < -0.4 is 16.1 Å². The Balaban J connectivity index is 1.53. The number of fused-ring (bicyclic) bond motifs is 2. The predicted molar refractivity (Wildman–Crippen MR) is 94.2 cm³/mol. The predicted octanol–water partition coefficient (Wildman–Crippen LogP) is 1.29. The van der Waals surface area contributed by atoms with Gasteiger partial charge in [0, 0.05) is 24.7 Å². The Bertz CT molecular complexity index is 1020. The molecule has 0 radical (unpaired) electrons. The molecule has 0 unspecified atom stereocenters. The molecule has 134 valence electrons. The van der Waals surface area contributed by atoms with Gasteiger partial charge in [-0.15, -0.1) is 0 Å². The molecule has 1 aromatic carbocycles. The average Bonchev–Trinajstić information content (AvgIpc) is 2.90. The molecule has 4 rings (SSSR count). The van der Waals surface area contributed by atoms with Crippen LogP contribution in [0.2, 0.25) is 0 Å². The van der Waals surface area contributed by atoms with E-state index < -0.39 is 17.2 Å². The molecule has 1 aliphatic rings. The molecular formula is C18H18FN5O2. The molecule has 0 fully saturated rings. The molecule has 0 saturated carbocycles. The number of carbonyl (C=O) groups is 1. The van der Waals surface area contributed by atoms with Crippen LogP contribution in [0.1, 0.15) is 28.2 Å². The first kappa shape index (κ1) is 16.5. The van der Waals surface area contributed by atoms with Crippen LogP contribution in [0.15, 0.2) is 35.3 Å². The lowest BCUT2D eigenvalue weighted by molar-refractivity contribution is 0.0949. The van der Waals surface area contributed by atoms with Crippen LogP contribution in [0.4, 0.5) is 4.39 Å². The van der Waals surface area contributed by atoms with Crippen molar-refractivity contribution in [1.29, 1.82) is 0 Å². The molecular weight excluding hydrogens is 337 g/mol. The van der Waals surface area contributed by atoms with E-state index in [1.807, 2.05) is 10.7 Å². The van der Waals surface area contributed by atoms with Crippen LogP contribution in [-0.2, 0) is 19.6 Å². The number of para-hydroxylation sites is 1. The highest BCUT2D eigenvalue weighted by Gasteiger charge is 2.16. The number of aromatic amines is 1. The Hall–Kier alpha value is -3.00. The quantitative estimate of drug-likeness (QED) is 0.660. The van der Waals surface area contributed by atoms with E-state index in [0.29, 0.717) is 0 Å². The van der Waals surface area contributed by atoms with Crippen LogP contribution in [0.5, 0.6) is 0 Å². The fraction of sp³-hybridized carbons (Fsp3) is 0.278. The third kappa shape index (κ3) is 2.99. The molecule has 1 aliphatic heterocycles. The fourth-order valence-electron chi connectivity index (χ4n) is 3.16. The van der Waals surface area contributed by atoms with Crippen LogP contribution in [0.25, 0.3) is 10.9 Å². The molecule has 2 aromatic heterocycles. The number of pyridine rings is 1. The monoisotopic (exact) mass is 355 g/mol. The zero-order valence-corrected chi connectivity index (χ0v) is 14.0. The van der Waals surface area contributed by atoms with Crippen LogP contribution in [0, 0.1) is 5.82 Å². The number of hydrogen-bond donors (Lipinski definition) is 3. The first-order chi connectivity index (χ1) is 12.6. The van der Waals surface area contributed by atoms with E-state index in [1.54, 1.807) is 0 Å². The summed E-state index contributed by atoms with van der Waals surface area (Å²) in [6.45, 7) is 2.77. The number of rotatable bonds is 3. The van der Waals surface area contributed by atoms with Gasteiger partial charge in [0.25, 0.3) is 5.91 Å². The summed E-state index contributed by atoms with van der Waals surface area (Å²) in [5, 5.41) is 10.7. The molecule has 3 N–H and O–H groups in total. The second kappa shape index (κ2) is 6.72. The zero-order valence-electron chi connectivity index (χ0n) is 14.0. The van der Waals surface area contributed by atoms with Gasteiger partial charge < -0.3 is 15.6 Å². The van der Waals surface area contributed by atoms with Crippen molar-refractivity contribution in [2.24, 2.45) is 0 Å². The van der Waals surface area contributed by atoms with Gasteiger partial charge in [0.05, 0.1) is 23.4 Å². The number of hydrogen-bond acceptors (Lipinski definition) is 4. The maximum absolute atomic E-state index is 13.7. The molecule has 1 amide bonds. The van der Waals surface area contributed by atoms with Gasteiger partial charge in [0.2, 0.25) is 5.43 Å². The molecule has 7 nitrogen and oxygen atoms in total. The minimum Gasteiger partial charge on any atom is -0.358 e. The number of H-pyrrole nitrogens is 1. The highest BCUT2D eigenvalue weighted by Crippen LogP contribution is 2.12. The Morgan fingerprint density at radius 2 is 2.27 bits per heavy atom. The smallest absolute Gasteiger partial charge is 0.257 e. The Labute approximate surface area is 148 Å². The first-order valence-electron chi connectivity index (χ1n) is 8.48. The molecule has 0 bridgehead atoms. The summed E-state index contributed by atoms with van der Waals surface area (Å²) in [5.74, 6) is -1.04. The van der Waals surface area contributed by atoms with Crippen molar-refractivity contribution in [2.75, 3.05) is 6.54 Å². The van der Waals surface area contributed by atoms with Gasteiger partial charge in [-0.1, -0.05) is 6.07 Å².